The molecule has 2 aliphatic heterocycles. The van der Waals surface area contributed by atoms with E-state index in [4.69, 9.17) is 36.1 Å². The van der Waals surface area contributed by atoms with Crippen LogP contribution >= 0.6 is 11.8 Å². The van der Waals surface area contributed by atoms with Crippen molar-refractivity contribution in [1.82, 2.24) is 31.9 Å². The molecule has 0 aliphatic carbocycles. The van der Waals surface area contributed by atoms with E-state index < -0.39 is 85.2 Å². The molecule has 0 aromatic heterocycles. The van der Waals surface area contributed by atoms with Crippen molar-refractivity contribution in [3.05, 3.63) is 112 Å². The van der Waals surface area contributed by atoms with Gasteiger partial charge in [0, 0.05) is 109 Å². The first-order valence-corrected chi connectivity index (χ1v) is 36.7. The molecule has 5 rings (SSSR count). The van der Waals surface area contributed by atoms with E-state index in [-0.39, 0.29) is 137 Å². The number of azide groups is 1. The zero-order chi connectivity index (χ0) is 74.2. The maximum Gasteiger partial charge on any atom is 0.294 e. The van der Waals surface area contributed by atoms with Gasteiger partial charge in [0.1, 0.15) is 38.4 Å². The average Bonchev–Trinajstić information content (AvgIpc) is 1.60. The Kier molecular flexibility index (Phi) is 34.2. The second kappa shape index (κ2) is 41.5. The van der Waals surface area contributed by atoms with Gasteiger partial charge in [0.25, 0.3) is 26.1 Å². The van der Waals surface area contributed by atoms with Crippen LogP contribution in [0.15, 0.2) is 99.5 Å². The number of allylic oxidation sites excluding steroid dienone is 4. The minimum Gasteiger partial charge on any atom is -0.379 e. The van der Waals surface area contributed by atoms with E-state index in [2.05, 4.69) is 61.6 Å². The Bertz CT molecular complexity index is 3750. The number of ether oxygens (including phenoxy) is 4. The van der Waals surface area contributed by atoms with Crippen molar-refractivity contribution in [2.45, 2.75) is 112 Å². The highest BCUT2D eigenvalue weighted by atomic mass is 32.2. The average molecular weight is 1470 g/mol. The number of benzene rings is 3. The number of fused-ring (bicyclic) bond motifs is 2. The monoisotopic (exact) mass is 1470 g/mol. The summed E-state index contributed by atoms with van der Waals surface area (Å²) in [5.74, 6) is 0.424. The first-order valence-electron chi connectivity index (χ1n) is 32.7. The number of thioether (sulfide) groups is 1. The van der Waals surface area contributed by atoms with Crippen molar-refractivity contribution in [1.29, 1.82) is 0 Å². The van der Waals surface area contributed by atoms with Crippen LogP contribution in [-0.4, -0.2) is 212 Å². The lowest BCUT2D eigenvalue weighted by atomic mass is 9.81. The minimum absolute atomic E-state index is 0.00678. The maximum absolute atomic E-state index is 13.6. The lowest BCUT2D eigenvalue weighted by molar-refractivity contribution is -0.438. The van der Waals surface area contributed by atoms with Crippen LogP contribution in [0.2, 0.25) is 0 Å². The third-order valence-electron chi connectivity index (χ3n) is 16.1. The van der Waals surface area contributed by atoms with Crippen molar-refractivity contribution >= 4 is 102 Å². The number of nitrogens with one attached hydrogen (secondary N) is 7. The van der Waals surface area contributed by atoms with Crippen molar-refractivity contribution in [2.75, 3.05) is 127 Å². The molecule has 554 valence electrons. The van der Waals surface area contributed by atoms with E-state index in [9.17, 15) is 64.3 Å². The Labute approximate surface area is 591 Å². The van der Waals surface area contributed by atoms with Crippen LogP contribution in [0.4, 0.5) is 17.1 Å². The fourth-order valence-electron chi connectivity index (χ4n) is 10.9. The number of nitrogens with two attached hydrogens (primary N) is 2. The zero-order valence-corrected chi connectivity index (χ0v) is 59.7. The summed E-state index contributed by atoms with van der Waals surface area (Å²) in [5, 5.41) is 22.0. The molecule has 0 radical (unpaired) electrons. The molecule has 101 heavy (non-hydrogen) atoms. The van der Waals surface area contributed by atoms with E-state index in [1.165, 1.54) is 48.5 Å². The fourth-order valence-corrected chi connectivity index (χ4v) is 12.8. The van der Waals surface area contributed by atoms with Gasteiger partial charge in [-0.2, -0.15) is 21.4 Å². The molecule has 0 bridgehead atoms. The highest BCUT2D eigenvalue weighted by Crippen LogP contribution is 2.48. The van der Waals surface area contributed by atoms with Gasteiger partial charge in [0.15, 0.2) is 5.71 Å². The molecule has 2 aliphatic rings. The van der Waals surface area contributed by atoms with Crippen molar-refractivity contribution in [2.24, 2.45) is 16.7 Å². The number of hydrogen-bond donors (Lipinski definition) is 11. The molecule has 2 heterocycles. The topological polar surface area (TPSA) is 483 Å². The van der Waals surface area contributed by atoms with E-state index in [0.717, 1.165) is 40.1 Å². The van der Waals surface area contributed by atoms with Crippen molar-refractivity contribution < 1.29 is 92.7 Å². The number of hydrogen-bond acceptors (Lipinski definition) is 21. The van der Waals surface area contributed by atoms with Gasteiger partial charge in [0.2, 0.25) is 47.0 Å². The highest BCUT2D eigenvalue weighted by molar-refractivity contribution is 8.00. The summed E-state index contributed by atoms with van der Waals surface area (Å²) in [4.78, 5) is 110. The second-order valence-corrected chi connectivity index (χ2v) is 28.1. The van der Waals surface area contributed by atoms with Crippen molar-refractivity contribution in [3.63, 3.8) is 0 Å². The van der Waals surface area contributed by atoms with Crippen LogP contribution in [0.25, 0.3) is 10.4 Å². The van der Waals surface area contributed by atoms with Gasteiger partial charge in [-0.15, -0.1) is 11.8 Å². The number of amides is 8. The van der Waals surface area contributed by atoms with Crippen LogP contribution in [0.3, 0.4) is 0 Å². The van der Waals surface area contributed by atoms with Gasteiger partial charge in [0.05, 0.1) is 60.6 Å². The molecule has 0 saturated carbocycles. The van der Waals surface area contributed by atoms with Gasteiger partial charge < -0.3 is 66.8 Å². The molecule has 3 aromatic carbocycles. The summed E-state index contributed by atoms with van der Waals surface area (Å²) in [6.07, 6.45) is 8.73. The highest BCUT2D eigenvalue weighted by Gasteiger charge is 2.45. The Balaban J connectivity index is 1.02. The predicted octanol–water partition coefficient (Wildman–Crippen LogP) is 2.72. The van der Waals surface area contributed by atoms with E-state index in [1.54, 1.807) is 12.1 Å². The van der Waals surface area contributed by atoms with Crippen LogP contribution in [0, 0.1) is 0 Å². The number of nitrogens with zero attached hydrogens (tertiary/aromatic N) is 5. The molecule has 36 heteroatoms. The molecule has 2 atom stereocenters. The van der Waals surface area contributed by atoms with Crippen LogP contribution in [-0.2, 0) is 88.4 Å². The van der Waals surface area contributed by atoms with E-state index in [1.807, 2.05) is 52.8 Å². The molecule has 3 aromatic rings. The van der Waals surface area contributed by atoms with Crippen molar-refractivity contribution in [3.8, 4) is 0 Å². The Morgan fingerprint density at radius 1 is 0.683 bits per heavy atom. The van der Waals surface area contributed by atoms with E-state index in [0.29, 0.717) is 56.4 Å². The molecule has 0 fully saturated rings. The van der Waals surface area contributed by atoms with Crippen LogP contribution < -0.4 is 53.7 Å². The largest absolute Gasteiger partial charge is 0.379 e. The number of likely N-dealkylation sites (N-methyl/N-ethyl adjacent to an activating group) is 1. The fraction of sp³-hybridized carbons (Fsp3) is 0.523. The van der Waals surface area contributed by atoms with Crippen LogP contribution in [0.1, 0.15) is 101 Å². The van der Waals surface area contributed by atoms with E-state index >= 15 is 0 Å². The molecular weight excluding hydrogens is 1380 g/mol. The summed E-state index contributed by atoms with van der Waals surface area (Å²) >= 11 is 0.998. The van der Waals surface area contributed by atoms with Gasteiger partial charge in [-0.3, -0.25) is 52.3 Å². The minimum atomic E-state index is -4.51. The van der Waals surface area contributed by atoms with Crippen LogP contribution in [0.5, 0.6) is 0 Å². The summed E-state index contributed by atoms with van der Waals surface area (Å²) in [6.45, 7) is 11.6. The smallest absolute Gasteiger partial charge is 0.294 e. The molecule has 8 amide bonds. The SMILES string of the molecule is CCN1/C(=C/C=C/C2=[N+](CCCCCC(=O)NCCNC(=O)c3ccc(NC(=O)CSC[C@H](NC(=O)[C@H](CCCCNC(=O)CON)NC(=O)COCCOCCNC(=O)COCCOCCN=[N+]=[N-])C(N)=O)cc3)c3ccc(S(=O)(=O)O)cc3C2(C)C)C(C)(C)c2cc(S(=O)(=O)O)ccc21. The standard InChI is InChI=1S/C65H92N14O19S3/c1-6-78-52-23-21-46(100(88,89)90)37-48(52)64(2,3)54(78)14-12-15-55-65(4,5)49-38-47(101(91,92)93)22-24-53(49)79(55)30-11-7-8-16-56(80)70-26-27-72-62(86)44-17-19-45(20-18-44)74-60(84)43-99-42-51(61(66)85)76-63(87)50(13-9-10-25-69-58(82)41-98-68)75-59(83)40-97-36-33-94-31-28-71-57(81)39-96-35-34-95-32-29-73-77-67/h12,14-15,17-24,37-38,50-51H,6-11,13,16,25-36,39-43,68H2,1-5H3,(H10-,66,69,70,71,72,74,75,76,80,81,82,83,84,85,86,87,88,89,90,91,92,93)/p+1/t50-,51-/m0/s1. The number of carbonyl (C=O) groups excluding carboxylic acids is 8. The normalized spacial score (nSPS) is 14.7. The first-order chi connectivity index (χ1) is 48.0. The lowest BCUT2D eigenvalue weighted by Crippen LogP contribution is -2.54. The second-order valence-electron chi connectivity index (χ2n) is 24.2. The summed E-state index contributed by atoms with van der Waals surface area (Å²) < 4.78 is 91.7. The third kappa shape index (κ3) is 27.1. The third-order valence-corrected chi connectivity index (χ3v) is 18.8. The predicted molar refractivity (Wildman–Crippen MR) is 375 cm³/mol. The number of primary amides is 1. The molecule has 13 N–H and O–H groups in total. The summed E-state index contributed by atoms with van der Waals surface area (Å²) in [5.41, 5.74) is 17.9. The molecule has 0 unspecified atom stereocenters. The lowest BCUT2D eigenvalue weighted by Gasteiger charge is -2.25. The molecule has 0 saturated heterocycles. The van der Waals surface area contributed by atoms with Gasteiger partial charge in [-0.05, 0) is 125 Å². The molecule has 33 nitrogen and oxygen atoms in total. The van der Waals surface area contributed by atoms with Gasteiger partial charge >= 0.3 is 0 Å². The maximum atomic E-state index is 13.6. The number of unbranched alkanes of at least 4 members (excludes halogenated alkanes) is 3. The number of carbonyl (C=O) groups is 8. The van der Waals surface area contributed by atoms with Gasteiger partial charge in [-0.25, -0.2) is 5.90 Å². The van der Waals surface area contributed by atoms with Gasteiger partial charge in [-0.1, -0.05) is 25.0 Å². The zero-order valence-electron chi connectivity index (χ0n) is 57.3. The first kappa shape index (κ1) is 83.3. The quantitative estimate of drug-likeness (QED) is 0.00736. The summed E-state index contributed by atoms with van der Waals surface area (Å²) in [7, 11) is -8.95. The Hall–Kier alpha value is -8.39. The Morgan fingerprint density at radius 3 is 1.97 bits per heavy atom. The molecule has 0 spiro atoms. The Morgan fingerprint density at radius 2 is 1.31 bits per heavy atom. The summed E-state index contributed by atoms with van der Waals surface area (Å²) in [6, 6.07) is 12.7. The molecular formula is C65H93N14O19S3+. The number of rotatable bonds is 47. The number of anilines is 2.